The third kappa shape index (κ3) is 3.54. The molecule has 0 amide bonds. The fourth-order valence-electron chi connectivity index (χ4n) is 1.67. The molecule has 0 radical (unpaired) electrons. The minimum atomic E-state index is -3.40. The average molecular weight is 335 g/mol. The van der Waals surface area contributed by atoms with Gasteiger partial charge in [-0.2, -0.15) is 0 Å². The molecule has 0 spiro atoms. The molecule has 1 rings (SSSR count). The quantitative estimate of drug-likeness (QED) is 0.867. The van der Waals surface area contributed by atoms with Crippen molar-refractivity contribution in [1.29, 1.82) is 0 Å². The Morgan fingerprint density at radius 2 is 2.06 bits per heavy atom. The first-order valence-corrected chi connectivity index (χ1v) is 8.06. The Labute approximate surface area is 118 Å². The number of hydrogen-bond acceptors (Lipinski definition) is 3. The number of rotatable bonds is 6. The lowest BCUT2D eigenvalue weighted by Crippen LogP contribution is -2.28. The van der Waals surface area contributed by atoms with Crippen LogP contribution >= 0.6 is 15.9 Å². The maximum atomic E-state index is 12.3. The molecule has 4 nitrogen and oxygen atoms in total. The van der Waals surface area contributed by atoms with E-state index in [1.54, 1.807) is 13.1 Å². The van der Waals surface area contributed by atoms with Crippen LogP contribution in [0.15, 0.2) is 27.6 Å². The first-order chi connectivity index (χ1) is 8.43. The lowest BCUT2D eigenvalue weighted by molar-refractivity contribution is 0.468. The van der Waals surface area contributed by atoms with Crippen LogP contribution in [0.2, 0.25) is 0 Å². The molecule has 0 bridgehead atoms. The first kappa shape index (κ1) is 15.6. The predicted octanol–water partition coefficient (Wildman–Crippen LogP) is 2.20. The van der Waals surface area contributed by atoms with E-state index < -0.39 is 10.0 Å². The maximum Gasteiger partial charge on any atom is 0.243 e. The van der Waals surface area contributed by atoms with Gasteiger partial charge in [0.15, 0.2) is 0 Å². The molecule has 102 valence electrons. The summed E-state index contributed by atoms with van der Waals surface area (Å²) in [5.41, 5.74) is 1.04. The Morgan fingerprint density at radius 1 is 1.39 bits per heavy atom. The highest BCUT2D eigenvalue weighted by Gasteiger charge is 2.22. The number of nitrogens with one attached hydrogen (secondary N) is 1. The minimum absolute atomic E-state index is 0.318. The van der Waals surface area contributed by atoms with Crippen LogP contribution in [0.3, 0.4) is 0 Å². The maximum absolute atomic E-state index is 12.3. The number of halogens is 1. The molecule has 0 atom stereocenters. The second-order valence-electron chi connectivity index (χ2n) is 4.12. The van der Waals surface area contributed by atoms with Gasteiger partial charge in [-0.1, -0.05) is 13.0 Å². The van der Waals surface area contributed by atoms with E-state index in [1.165, 1.54) is 4.31 Å². The number of nitrogens with zero attached hydrogens (tertiary/aromatic N) is 1. The molecule has 1 aromatic rings. The van der Waals surface area contributed by atoms with Crippen molar-refractivity contribution < 1.29 is 8.42 Å². The van der Waals surface area contributed by atoms with Gasteiger partial charge in [0.05, 0.1) is 4.90 Å². The third-order valence-electron chi connectivity index (χ3n) is 2.60. The van der Waals surface area contributed by atoms with Crippen molar-refractivity contribution >= 4 is 26.0 Å². The molecule has 0 aliphatic rings. The van der Waals surface area contributed by atoms with Crippen LogP contribution in [-0.4, -0.2) is 33.4 Å². The van der Waals surface area contributed by atoms with Gasteiger partial charge in [-0.25, -0.2) is 12.7 Å². The highest BCUT2D eigenvalue weighted by molar-refractivity contribution is 9.10. The van der Waals surface area contributed by atoms with Crippen LogP contribution in [0.4, 0.5) is 0 Å². The monoisotopic (exact) mass is 334 g/mol. The third-order valence-corrected chi connectivity index (χ3v) is 5.44. The van der Waals surface area contributed by atoms with Gasteiger partial charge in [0.2, 0.25) is 10.0 Å². The van der Waals surface area contributed by atoms with Gasteiger partial charge in [-0.15, -0.1) is 0 Å². The van der Waals surface area contributed by atoms with Gasteiger partial charge >= 0.3 is 0 Å². The number of benzene rings is 1. The van der Waals surface area contributed by atoms with Crippen molar-refractivity contribution in [2.45, 2.75) is 24.8 Å². The summed E-state index contributed by atoms with van der Waals surface area (Å²) in [4.78, 5) is 0.318. The molecule has 0 aromatic heterocycles. The molecular formula is C12H19BrN2O2S. The zero-order valence-electron chi connectivity index (χ0n) is 10.9. The van der Waals surface area contributed by atoms with E-state index in [4.69, 9.17) is 0 Å². The molecule has 0 unspecified atom stereocenters. The van der Waals surface area contributed by atoms with Crippen molar-refractivity contribution in [3.05, 3.63) is 28.2 Å². The SMILES string of the molecule is CCCN(C)S(=O)(=O)c1ccc(CNC)cc1Br. The fourth-order valence-corrected chi connectivity index (χ4v) is 4.01. The van der Waals surface area contributed by atoms with Crippen LogP contribution in [0.25, 0.3) is 0 Å². The van der Waals surface area contributed by atoms with Gasteiger partial charge in [0.1, 0.15) is 0 Å². The summed E-state index contributed by atoms with van der Waals surface area (Å²) in [7, 11) is 0.0612. The smallest absolute Gasteiger partial charge is 0.243 e. The summed E-state index contributed by atoms with van der Waals surface area (Å²) < 4.78 is 26.6. The van der Waals surface area contributed by atoms with E-state index >= 15 is 0 Å². The van der Waals surface area contributed by atoms with Gasteiger partial charge in [0, 0.05) is 24.6 Å². The van der Waals surface area contributed by atoms with Gasteiger partial charge in [-0.3, -0.25) is 0 Å². The topological polar surface area (TPSA) is 49.4 Å². The summed E-state index contributed by atoms with van der Waals surface area (Å²) >= 11 is 3.34. The van der Waals surface area contributed by atoms with E-state index in [-0.39, 0.29) is 0 Å². The molecule has 6 heteroatoms. The molecule has 0 heterocycles. The van der Waals surface area contributed by atoms with Crippen LogP contribution in [0.5, 0.6) is 0 Å². The van der Waals surface area contributed by atoms with Gasteiger partial charge in [-0.05, 0) is 47.1 Å². The Kier molecular flexibility index (Phi) is 5.78. The lowest BCUT2D eigenvalue weighted by Gasteiger charge is -2.17. The molecule has 1 aromatic carbocycles. The van der Waals surface area contributed by atoms with E-state index in [2.05, 4.69) is 21.2 Å². The molecule has 18 heavy (non-hydrogen) atoms. The van der Waals surface area contributed by atoms with Crippen molar-refractivity contribution in [2.24, 2.45) is 0 Å². The largest absolute Gasteiger partial charge is 0.316 e. The molecule has 0 aliphatic heterocycles. The van der Waals surface area contributed by atoms with Crippen LogP contribution < -0.4 is 5.32 Å². The Morgan fingerprint density at radius 3 is 2.56 bits per heavy atom. The van der Waals surface area contributed by atoms with Crippen LogP contribution in [-0.2, 0) is 16.6 Å². The molecule has 1 N–H and O–H groups in total. The minimum Gasteiger partial charge on any atom is -0.316 e. The second kappa shape index (κ2) is 6.65. The molecule has 0 saturated carbocycles. The lowest BCUT2D eigenvalue weighted by atomic mass is 10.2. The second-order valence-corrected chi connectivity index (χ2v) is 6.99. The Balaban J connectivity index is 3.10. The van der Waals surface area contributed by atoms with Gasteiger partial charge in [0.25, 0.3) is 0 Å². The van der Waals surface area contributed by atoms with Crippen LogP contribution in [0, 0.1) is 0 Å². The Hall–Kier alpha value is -0.430. The van der Waals surface area contributed by atoms with Crippen LogP contribution in [0.1, 0.15) is 18.9 Å². The number of sulfonamides is 1. The normalized spacial score (nSPS) is 12.1. The zero-order valence-corrected chi connectivity index (χ0v) is 13.3. The van der Waals surface area contributed by atoms with Crippen molar-refractivity contribution in [3.8, 4) is 0 Å². The van der Waals surface area contributed by atoms with E-state index in [0.29, 0.717) is 22.5 Å². The summed E-state index contributed by atoms with van der Waals surface area (Å²) in [6.45, 7) is 3.19. The summed E-state index contributed by atoms with van der Waals surface area (Å²) in [6.07, 6.45) is 0.797. The van der Waals surface area contributed by atoms with E-state index in [0.717, 1.165) is 12.0 Å². The fraction of sp³-hybridized carbons (Fsp3) is 0.500. The van der Waals surface area contributed by atoms with E-state index in [9.17, 15) is 8.42 Å². The average Bonchev–Trinajstić information content (AvgIpc) is 2.29. The zero-order chi connectivity index (χ0) is 13.8. The molecule has 0 saturated heterocycles. The molecular weight excluding hydrogens is 316 g/mol. The van der Waals surface area contributed by atoms with Gasteiger partial charge < -0.3 is 5.32 Å². The highest BCUT2D eigenvalue weighted by Crippen LogP contribution is 2.25. The van der Waals surface area contributed by atoms with Crippen molar-refractivity contribution in [1.82, 2.24) is 9.62 Å². The summed E-state index contributed by atoms with van der Waals surface area (Å²) in [6, 6.07) is 5.31. The Bertz CT molecular complexity index is 503. The summed E-state index contributed by atoms with van der Waals surface area (Å²) in [5, 5.41) is 3.03. The van der Waals surface area contributed by atoms with Crippen molar-refractivity contribution in [3.63, 3.8) is 0 Å². The predicted molar refractivity (Wildman–Crippen MR) is 77.0 cm³/mol. The summed E-state index contributed by atoms with van der Waals surface area (Å²) in [5.74, 6) is 0. The molecule has 0 aliphatic carbocycles. The first-order valence-electron chi connectivity index (χ1n) is 5.82. The standard InChI is InChI=1S/C12H19BrN2O2S/c1-4-7-15(3)18(16,17)12-6-5-10(9-14-2)8-11(12)13/h5-6,8,14H,4,7,9H2,1-3H3. The van der Waals surface area contributed by atoms with Crippen molar-refractivity contribution in [2.75, 3.05) is 20.6 Å². The van der Waals surface area contributed by atoms with E-state index in [1.807, 2.05) is 26.1 Å². The molecule has 0 fully saturated rings. The highest BCUT2D eigenvalue weighted by atomic mass is 79.9. The number of hydrogen-bond donors (Lipinski definition) is 1.